The summed E-state index contributed by atoms with van der Waals surface area (Å²) < 4.78 is 6.92. The average Bonchev–Trinajstić information content (AvgIpc) is 3.04. The molecule has 0 unspecified atom stereocenters. The van der Waals surface area contributed by atoms with Gasteiger partial charge in [0.15, 0.2) is 0 Å². The van der Waals surface area contributed by atoms with Crippen LogP contribution in [-0.4, -0.2) is 11.6 Å². The van der Waals surface area contributed by atoms with Crippen molar-refractivity contribution in [1.82, 2.24) is 0 Å². The Bertz CT molecular complexity index is 1210. The number of hydrazone groups is 1. The van der Waals surface area contributed by atoms with Crippen LogP contribution in [0.4, 0.5) is 5.69 Å². The van der Waals surface area contributed by atoms with Crippen molar-refractivity contribution in [3.05, 3.63) is 97.9 Å². The molecule has 1 aliphatic rings. The molecule has 0 radical (unpaired) electrons. The molecule has 0 aliphatic carbocycles. The van der Waals surface area contributed by atoms with Crippen LogP contribution >= 0.6 is 39.1 Å². The lowest BCUT2D eigenvalue weighted by molar-refractivity contribution is -0.114. The number of carbonyl (C=O) groups excluding carboxylic acids is 1. The molecule has 4 nitrogen and oxygen atoms in total. The molecular weight excluding hydrogens is 499 g/mol. The third-order valence-electron chi connectivity index (χ3n) is 4.72. The first-order valence-electron chi connectivity index (χ1n) is 9.45. The summed E-state index contributed by atoms with van der Waals surface area (Å²) in [5.74, 6) is 0.429. The van der Waals surface area contributed by atoms with E-state index in [1.807, 2.05) is 48.5 Å². The Morgan fingerprint density at radius 2 is 1.81 bits per heavy atom. The lowest BCUT2D eigenvalue weighted by Gasteiger charge is -2.13. The van der Waals surface area contributed by atoms with Crippen LogP contribution in [0.25, 0.3) is 6.08 Å². The van der Waals surface area contributed by atoms with Gasteiger partial charge in [0.25, 0.3) is 5.91 Å². The van der Waals surface area contributed by atoms with Gasteiger partial charge in [-0.15, -0.1) is 0 Å². The molecule has 3 aromatic carbocycles. The molecule has 0 aromatic heterocycles. The van der Waals surface area contributed by atoms with Crippen LogP contribution in [0.1, 0.15) is 18.1 Å². The zero-order valence-electron chi connectivity index (χ0n) is 16.5. The fourth-order valence-electron chi connectivity index (χ4n) is 3.13. The number of halogens is 3. The molecule has 0 fully saturated rings. The van der Waals surface area contributed by atoms with Crippen LogP contribution in [0.15, 0.2) is 81.9 Å². The van der Waals surface area contributed by atoms with Crippen molar-refractivity contribution in [2.45, 2.75) is 13.5 Å². The second-order valence-corrected chi connectivity index (χ2v) is 8.65. The van der Waals surface area contributed by atoms with Gasteiger partial charge in [0, 0.05) is 10.0 Å². The van der Waals surface area contributed by atoms with E-state index >= 15 is 0 Å². The highest BCUT2D eigenvalue weighted by Crippen LogP contribution is 2.32. The van der Waals surface area contributed by atoms with Gasteiger partial charge in [-0.2, -0.15) is 10.1 Å². The molecule has 0 bridgehead atoms. The molecule has 0 N–H and O–H groups in total. The third kappa shape index (κ3) is 4.85. The molecule has 31 heavy (non-hydrogen) atoms. The number of nitrogens with zero attached hydrogens (tertiary/aromatic N) is 2. The van der Waals surface area contributed by atoms with E-state index in [0.29, 0.717) is 39.4 Å². The Morgan fingerprint density at radius 3 is 2.55 bits per heavy atom. The summed E-state index contributed by atoms with van der Waals surface area (Å²) in [6.45, 7) is 2.22. The van der Waals surface area contributed by atoms with Crippen molar-refractivity contribution in [3.8, 4) is 5.75 Å². The summed E-state index contributed by atoms with van der Waals surface area (Å²) in [5.41, 5.74) is 3.47. The number of rotatable bonds is 5. The molecule has 156 valence electrons. The van der Waals surface area contributed by atoms with Crippen molar-refractivity contribution in [3.63, 3.8) is 0 Å². The van der Waals surface area contributed by atoms with Crippen molar-refractivity contribution in [2.24, 2.45) is 5.10 Å². The largest absolute Gasteiger partial charge is 0.488 e. The minimum atomic E-state index is -0.245. The second kappa shape index (κ2) is 9.27. The minimum absolute atomic E-state index is 0.245. The van der Waals surface area contributed by atoms with E-state index in [-0.39, 0.29) is 5.91 Å². The van der Waals surface area contributed by atoms with Gasteiger partial charge in [0.1, 0.15) is 12.4 Å². The van der Waals surface area contributed by atoms with E-state index in [1.54, 1.807) is 31.2 Å². The van der Waals surface area contributed by atoms with Gasteiger partial charge in [-0.1, -0.05) is 69.5 Å². The van der Waals surface area contributed by atoms with Crippen LogP contribution in [-0.2, 0) is 11.4 Å². The first kappa shape index (κ1) is 21.6. The standard InChI is InChI=1S/C24H17BrCl2N2O2/c1-15-20(24(30)29(28-15)19-8-9-21(26)22(27)13-19)12-17-11-18(25)7-10-23(17)31-14-16-5-3-2-4-6-16/h2-13H,14H2,1H3. The highest BCUT2D eigenvalue weighted by Gasteiger charge is 2.29. The Kier molecular flexibility index (Phi) is 6.46. The van der Waals surface area contributed by atoms with E-state index in [1.165, 1.54) is 5.01 Å². The summed E-state index contributed by atoms with van der Waals surface area (Å²) >= 11 is 15.6. The number of anilines is 1. The predicted octanol–water partition coefficient (Wildman–Crippen LogP) is 7.14. The van der Waals surface area contributed by atoms with Crippen molar-refractivity contribution in [2.75, 3.05) is 5.01 Å². The smallest absolute Gasteiger partial charge is 0.280 e. The zero-order valence-corrected chi connectivity index (χ0v) is 19.6. The Hall–Kier alpha value is -2.60. The Morgan fingerprint density at radius 1 is 1.03 bits per heavy atom. The highest BCUT2D eigenvalue weighted by molar-refractivity contribution is 9.10. The summed E-state index contributed by atoms with van der Waals surface area (Å²) in [6, 6.07) is 20.6. The number of amides is 1. The molecule has 1 amide bonds. The number of ether oxygens (including phenoxy) is 1. The van der Waals surface area contributed by atoms with Gasteiger partial charge < -0.3 is 4.74 Å². The first-order chi connectivity index (χ1) is 14.9. The summed E-state index contributed by atoms with van der Waals surface area (Å²) in [5, 5.41) is 6.52. The Balaban J connectivity index is 1.63. The first-order valence-corrected chi connectivity index (χ1v) is 11.0. The van der Waals surface area contributed by atoms with Gasteiger partial charge in [-0.05, 0) is 55.0 Å². The molecule has 0 atom stereocenters. The second-order valence-electron chi connectivity index (χ2n) is 6.92. The van der Waals surface area contributed by atoms with E-state index in [9.17, 15) is 4.79 Å². The van der Waals surface area contributed by atoms with Crippen LogP contribution in [0.2, 0.25) is 10.0 Å². The molecule has 0 spiro atoms. The minimum Gasteiger partial charge on any atom is -0.488 e. The van der Waals surface area contributed by atoms with Crippen molar-refractivity contribution in [1.29, 1.82) is 0 Å². The molecular formula is C24H17BrCl2N2O2. The number of carbonyl (C=O) groups is 1. The topological polar surface area (TPSA) is 41.9 Å². The fraction of sp³-hybridized carbons (Fsp3) is 0.0833. The number of hydrogen-bond acceptors (Lipinski definition) is 3. The van der Waals surface area contributed by atoms with Crippen LogP contribution in [0.5, 0.6) is 5.75 Å². The van der Waals surface area contributed by atoms with Crippen molar-refractivity contribution < 1.29 is 9.53 Å². The molecule has 1 heterocycles. The SMILES string of the molecule is CC1=NN(c2ccc(Cl)c(Cl)c2)C(=O)C1=Cc1cc(Br)ccc1OCc1ccccc1. The highest BCUT2D eigenvalue weighted by atomic mass is 79.9. The average molecular weight is 516 g/mol. The van der Waals surface area contributed by atoms with Gasteiger partial charge >= 0.3 is 0 Å². The van der Waals surface area contributed by atoms with Crippen molar-refractivity contribution >= 4 is 62.5 Å². The van der Waals surface area contributed by atoms with E-state index in [0.717, 1.165) is 15.6 Å². The summed E-state index contributed by atoms with van der Waals surface area (Å²) in [4.78, 5) is 13.1. The Labute approximate surface area is 198 Å². The quantitative estimate of drug-likeness (QED) is 0.339. The molecule has 0 saturated carbocycles. The van der Waals surface area contributed by atoms with E-state index < -0.39 is 0 Å². The van der Waals surface area contributed by atoms with Gasteiger partial charge in [0.2, 0.25) is 0 Å². The molecule has 7 heteroatoms. The maximum Gasteiger partial charge on any atom is 0.280 e. The third-order valence-corrected chi connectivity index (χ3v) is 5.95. The molecule has 3 aromatic rings. The summed E-state index contributed by atoms with van der Waals surface area (Å²) in [6.07, 6.45) is 1.80. The van der Waals surface area contributed by atoms with Crippen LogP contribution in [0.3, 0.4) is 0 Å². The van der Waals surface area contributed by atoms with Gasteiger partial charge in [-0.3, -0.25) is 4.79 Å². The fourth-order valence-corrected chi connectivity index (χ4v) is 3.80. The summed E-state index contributed by atoms with van der Waals surface area (Å²) in [7, 11) is 0. The molecule has 4 rings (SSSR count). The van der Waals surface area contributed by atoms with Crippen LogP contribution < -0.4 is 9.75 Å². The number of benzene rings is 3. The van der Waals surface area contributed by atoms with E-state index in [4.69, 9.17) is 27.9 Å². The predicted molar refractivity (Wildman–Crippen MR) is 130 cm³/mol. The monoisotopic (exact) mass is 514 g/mol. The maximum atomic E-state index is 13.1. The van der Waals surface area contributed by atoms with Crippen LogP contribution in [0, 0.1) is 0 Å². The molecule has 1 aliphatic heterocycles. The molecule has 0 saturated heterocycles. The van der Waals surface area contributed by atoms with Gasteiger partial charge in [0.05, 0.1) is 27.0 Å². The van der Waals surface area contributed by atoms with Gasteiger partial charge in [-0.25, -0.2) is 0 Å². The van der Waals surface area contributed by atoms with E-state index in [2.05, 4.69) is 21.0 Å². The lowest BCUT2D eigenvalue weighted by Crippen LogP contribution is -2.21. The maximum absolute atomic E-state index is 13.1. The number of hydrogen-bond donors (Lipinski definition) is 0. The zero-order chi connectivity index (χ0) is 22.0. The normalized spacial score (nSPS) is 14.8. The lowest BCUT2D eigenvalue weighted by atomic mass is 10.1.